The fourth-order valence-electron chi connectivity index (χ4n) is 2.80. The van der Waals surface area contributed by atoms with Crippen LogP contribution in [-0.4, -0.2) is 34.0 Å². The lowest BCUT2D eigenvalue weighted by atomic mass is 10.2. The first-order valence-corrected chi connectivity index (χ1v) is 10.7. The molecular formula is C20H24N2O2S2. The number of aromatic nitrogens is 1. The number of para-hydroxylation sites is 1. The molecule has 4 nitrogen and oxygen atoms in total. The summed E-state index contributed by atoms with van der Waals surface area (Å²) in [5, 5.41) is 19.9. The molecule has 0 fully saturated rings. The minimum absolute atomic E-state index is 0.585. The fourth-order valence-corrected chi connectivity index (χ4v) is 4.93. The number of hydrogen-bond donors (Lipinski definition) is 2. The zero-order valence-electron chi connectivity index (χ0n) is 14.8. The minimum Gasteiger partial charge on any atom is -0.364 e. The van der Waals surface area contributed by atoms with Crippen LogP contribution in [0, 0.1) is 0 Å². The van der Waals surface area contributed by atoms with Gasteiger partial charge in [-0.05, 0) is 43.7 Å². The van der Waals surface area contributed by atoms with Crippen molar-refractivity contribution >= 4 is 38.4 Å². The van der Waals surface area contributed by atoms with Crippen molar-refractivity contribution in [1.82, 2.24) is 4.98 Å². The fraction of sp³-hybridized carbons (Fsp3) is 0.350. The smallest absolute Gasteiger partial charge is 0.186 e. The number of rotatable bonds is 9. The highest BCUT2D eigenvalue weighted by Crippen LogP contribution is 2.29. The van der Waals surface area contributed by atoms with E-state index in [1.807, 2.05) is 24.3 Å². The van der Waals surface area contributed by atoms with Crippen molar-refractivity contribution in [2.24, 2.45) is 0 Å². The van der Waals surface area contributed by atoms with Gasteiger partial charge in [0.2, 0.25) is 0 Å². The SMILES string of the molecule is CCN(CCCCSc1ccccc1C(O)O)c1nc2ccccc2s1. The summed E-state index contributed by atoms with van der Waals surface area (Å²) in [4.78, 5) is 8.02. The molecule has 0 bridgehead atoms. The predicted octanol–water partition coefficient (Wildman–Crippen LogP) is 4.68. The molecule has 3 rings (SSSR count). The summed E-state index contributed by atoms with van der Waals surface area (Å²) in [6.07, 6.45) is 0.746. The molecule has 0 spiro atoms. The highest BCUT2D eigenvalue weighted by atomic mass is 32.2. The quantitative estimate of drug-likeness (QED) is 0.317. The minimum atomic E-state index is -1.41. The highest BCUT2D eigenvalue weighted by molar-refractivity contribution is 7.99. The van der Waals surface area contributed by atoms with E-state index in [9.17, 15) is 10.2 Å². The molecule has 0 aliphatic carbocycles. The molecule has 2 N–H and O–H groups in total. The number of aliphatic hydroxyl groups is 2. The average Bonchev–Trinajstić information content (AvgIpc) is 3.08. The van der Waals surface area contributed by atoms with Crippen LogP contribution in [0.3, 0.4) is 0 Å². The number of aliphatic hydroxyl groups excluding tert-OH is 1. The zero-order chi connectivity index (χ0) is 18.4. The van der Waals surface area contributed by atoms with Gasteiger partial charge in [-0.15, -0.1) is 11.8 Å². The van der Waals surface area contributed by atoms with Crippen LogP contribution in [0.4, 0.5) is 5.13 Å². The molecule has 0 aliphatic heterocycles. The van der Waals surface area contributed by atoms with Crippen molar-refractivity contribution in [3.63, 3.8) is 0 Å². The lowest BCUT2D eigenvalue weighted by Crippen LogP contribution is -2.23. The second-order valence-corrected chi connectivity index (χ2v) is 8.16. The van der Waals surface area contributed by atoms with E-state index >= 15 is 0 Å². The topological polar surface area (TPSA) is 56.6 Å². The Hall–Kier alpha value is -1.60. The monoisotopic (exact) mass is 388 g/mol. The Labute approximate surface area is 162 Å². The van der Waals surface area contributed by atoms with Crippen LogP contribution < -0.4 is 4.90 Å². The molecule has 138 valence electrons. The van der Waals surface area contributed by atoms with Crippen molar-refractivity contribution in [3.05, 3.63) is 54.1 Å². The van der Waals surface area contributed by atoms with E-state index < -0.39 is 6.29 Å². The first-order chi connectivity index (χ1) is 12.7. The van der Waals surface area contributed by atoms with Crippen molar-refractivity contribution in [3.8, 4) is 0 Å². The summed E-state index contributed by atoms with van der Waals surface area (Å²) in [7, 11) is 0. The number of thioether (sulfide) groups is 1. The number of nitrogens with zero attached hydrogens (tertiary/aromatic N) is 2. The van der Waals surface area contributed by atoms with Crippen molar-refractivity contribution in [1.29, 1.82) is 0 Å². The second-order valence-electron chi connectivity index (χ2n) is 6.01. The molecule has 0 radical (unpaired) electrons. The van der Waals surface area contributed by atoms with Gasteiger partial charge >= 0.3 is 0 Å². The predicted molar refractivity (Wildman–Crippen MR) is 111 cm³/mol. The molecule has 0 atom stereocenters. The lowest BCUT2D eigenvalue weighted by Gasteiger charge is -2.19. The summed E-state index contributed by atoms with van der Waals surface area (Å²) in [5.74, 6) is 0.959. The Morgan fingerprint density at radius 2 is 1.85 bits per heavy atom. The number of benzene rings is 2. The van der Waals surface area contributed by atoms with Crippen LogP contribution in [0.5, 0.6) is 0 Å². The first-order valence-electron chi connectivity index (χ1n) is 8.87. The third kappa shape index (κ3) is 4.76. The third-order valence-corrected chi connectivity index (χ3v) is 6.48. The summed E-state index contributed by atoms with van der Waals surface area (Å²) in [6.45, 7) is 4.10. The van der Waals surface area contributed by atoms with Crippen LogP contribution in [0.2, 0.25) is 0 Å². The van der Waals surface area contributed by atoms with Crippen LogP contribution in [-0.2, 0) is 0 Å². The van der Waals surface area contributed by atoms with E-state index in [-0.39, 0.29) is 0 Å². The van der Waals surface area contributed by atoms with Crippen LogP contribution >= 0.6 is 23.1 Å². The average molecular weight is 389 g/mol. The normalized spacial score (nSPS) is 11.4. The molecule has 0 aliphatic rings. The van der Waals surface area contributed by atoms with E-state index in [1.54, 1.807) is 29.2 Å². The van der Waals surface area contributed by atoms with E-state index in [4.69, 9.17) is 4.98 Å². The number of anilines is 1. The standard InChI is InChI=1S/C20H24N2O2S2/c1-2-22(20-21-16-10-4-6-12-18(16)26-20)13-7-8-14-25-17-11-5-3-9-15(17)19(23)24/h3-6,9-12,19,23-24H,2,7-8,13-14H2,1H3. The Bertz CT molecular complexity index is 802. The van der Waals surface area contributed by atoms with Gasteiger partial charge in [-0.3, -0.25) is 0 Å². The van der Waals surface area contributed by atoms with Crippen LogP contribution in [0.25, 0.3) is 10.2 Å². The van der Waals surface area contributed by atoms with Crippen molar-refractivity contribution in [2.75, 3.05) is 23.7 Å². The molecule has 26 heavy (non-hydrogen) atoms. The van der Waals surface area contributed by atoms with E-state index in [2.05, 4.69) is 30.0 Å². The molecule has 2 aromatic carbocycles. The molecule has 1 aromatic heterocycles. The Morgan fingerprint density at radius 1 is 1.08 bits per heavy atom. The van der Waals surface area contributed by atoms with Crippen molar-refractivity contribution < 1.29 is 10.2 Å². The van der Waals surface area contributed by atoms with Gasteiger partial charge in [0.05, 0.1) is 10.2 Å². The van der Waals surface area contributed by atoms with Crippen molar-refractivity contribution in [2.45, 2.75) is 31.0 Å². The Kier molecular flexibility index (Phi) is 6.91. The maximum Gasteiger partial charge on any atom is 0.186 e. The summed E-state index contributed by atoms with van der Waals surface area (Å²) < 4.78 is 1.23. The molecule has 0 saturated carbocycles. The Morgan fingerprint density at radius 3 is 2.62 bits per heavy atom. The lowest BCUT2D eigenvalue weighted by molar-refractivity contribution is -0.0444. The van der Waals surface area contributed by atoms with E-state index in [0.29, 0.717) is 5.56 Å². The molecule has 0 saturated heterocycles. The van der Waals surface area contributed by atoms with E-state index in [0.717, 1.165) is 47.2 Å². The van der Waals surface area contributed by atoms with Crippen LogP contribution in [0.1, 0.15) is 31.6 Å². The number of fused-ring (bicyclic) bond motifs is 1. The first kappa shape index (κ1) is 19.2. The number of thiazole rings is 1. The maximum atomic E-state index is 9.43. The molecule has 6 heteroatoms. The second kappa shape index (κ2) is 9.37. The molecule has 3 aromatic rings. The summed E-state index contributed by atoms with van der Waals surface area (Å²) in [5.41, 5.74) is 1.66. The number of hydrogen-bond acceptors (Lipinski definition) is 6. The largest absolute Gasteiger partial charge is 0.364 e. The van der Waals surface area contributed by atoms with Gasteiger partial charge in [-0.25, -0.2) is 4.98 Å². The van der Waals surface area contributed by atoms with Gasteiger partial charge in [-0.1, -0.05) is 41.7 Å². The van der Waals surface area contributed by atoms with Gasteiger partial charge < -0.3 is 15.1 Å². The molecule has 0 unspecified atom stereocenters. The molecule has 0 amide bonds. The number of unbranched alkanes of at least 4 members (excludes halogenated alkanes) is 1. The van der Waals surface area contributed by atoms with Gasteiger partial charge in [0, 0.05) is 23.5 Å². The maximum absolute atomic E-state index is 9.43. The van der Waals surface area contributed by atoms with Gasteiger partial charge in [-0.2, -0.15) is 0 Å². The Balaban J connectivity index is 1.49. The van der Waals surface area contributed by atoms with E-state index in [1.165, 1.54) is 4.70 Å². The van der Waals surface area contributed by atoms with Gasteiger partial charge in [0.1, 0.15) is 0 Å². The van der Waals surface area contributed by atoms with Gasteiger partial charge in [0.15, 0.2) is 11.4 Å². The summed E-state index contributed by atoms with van der Waals surface area (Å²) >= 11 is 3.43. The third-order valence-electron chi connectivity index (χ3n) is 4.21. The molecule has 1 heterocycles. The van der Waals surface area contributed by atoms with Gasteiger partial charge in [0.25, 0.3) is 0 Å². The zero-order valence-corrected chi connectivity index (χ0v) is 16.5. The summed E-state index contributed by atoms with van der Waals surface area (Å²) in [6, 6.07) is 15.7. The van der Waals surface area contributed by atoms with Crippen LogP contribution in [0.15, 0.2) is 53.4 Å². The molecular weight excluding hydrogens is 364 g/mol. The highest BCUT2D eigenvalue weighted by Gasteiger charge is 2.11.